The predicted molar refractivity (Wildman–Crippen MR) is 120 cm³/mol. The number of rotatable bonds is 6. The Morgan fingerprint density at radius 2 is 1.69 bits per heavy atom. The fraction of sp³-hybridized carbons (Fsp3) is 0.136. The molecule has 2 aromatic heterocycles. The minimum absolute atomic E-state index is 0.0654. The Kier molecular flexibility index (Phi) is 5.62. The van der Waals surface area contributed by atoms with E-state index in [4.69, 9.17) is 0 Å². The maximum absolute atomic E-state index is 13.0. The minimum Gasteiger partial charge on any atom is -0.321 e. The van der Waals surface area contributed by atoms with Gasteiger partial charge < -0.3 is 5.32 Å². The first-order chi connectivity index (χ1) is 15.2. The molecule has 0 spiro atoms. The topological polar surface area (TPSA) is 106 Å². The average molecular weight is 453 g/mol. The lowest BCUT2D eigenvalue weighted by molar-refractivity contribution is 0.102. The molecule has 2 heterocycles. The molecule has 0 radical (unpaired) electrons. The number of pyridine rings is 1. The molecule has 0 fully saturated rings. The smallest absolute Gasteiger partial charge is 0.261 e. The summed E-state index contributed by atoms with van der Waals surface area (Å²) in [6.07, 6.45) is 3.26. The Morgan fingerprint density at radius 3 is 2.34 bits per heavy atom. The van der Waals surface area contributed by atoms with E-state index in [9.17, 15) is 17.6 Å². The maximum Gasteiger partial charge on any atom is 0.261 e. The zero-order valence-electron chi connectivity index (χ0n) is 17.3. The highest BCUT2D eigenvalue weighted by atomic mass is 32.2. The summed E-state index contributed by atoms with van der Waals surface area (Å²) in [5.74, 6) is -0.891. The number of aromatic nitrogens is 3. The van der Waals surface area contributed by atoms with Crippen molar-refractivity contribution in [3.8, 4) is 0 Å². The summed E-state index contributed by atoms with van der Waals surface area (Å²) in [7, 11) is -3.87. The van der Waals surface area contributed by atoms with Crippen molar-refractivity contribution >= 4 is 38.3 Å². The number of hydrogen-bond donors (Lipinski definition) is 2. The van der Waals surface area contributed by atoms with E-state index in [0.717, 1.165) is 23.2 Å². The van der Waals surface area contributed by atoms with Crippen LogP contribution in [0.25, 0.3) is 11.0 Å². The van der Waals surface area contributed by atoms with Crippen molar-refractivity contribution in [2.75, 3.05) is 10.0 Å². The van der Waals surface area contributed by atoms with Gasteiger partial charge in [-0.15, -0.1) is 0 Å². The standard InChI is InChI=1S/C22H20FN5O3S/c1-14(2)28-21-16(12-25-28)11-19(13-24-21)26-22(29)15-3-7-18(8-4-15)27-32(30,31)20-9-5-17(23)6-10-20/h3-14,27H,1-2H3,(H,26,29). The Hall–Kier alpha value is -3.79. The molecule has 0 saturated heterocycles. The molecule has 4 aromatic rings. The molecule has 0 bridgehead atoms. The van der Waals surface area contributed by atoms with Crippen LogP contribution in [0.3, 0.4) is 0 Å². The van der Waals surface area contributed by atoms with Crippen LogP contribution in [0.15, 0.2) is 71.9 Å². The second-order valence-electron chi connectivity index (χ2n) is 7.41. The normalized spacial score (nSPS) is 11.6. The summed E-state index contributed by atoms with van der Waals surface area (Å²) >= 11 is 0. The van der Waals surface area contributed by atoms with Crippen LogP contribution in [-0.2, 0) is 10.0 Å². The van der Waals surface area contributed by atoms with Gasteiger partial charge in [0.25, 0.3) is 15.9 Å². The first-order valence-electron chi connectivity index (χ1n) is 9.76. The highest BCUT2D eigenvalue weighted by molar-refractivity contribution is 7.92. The van der Waals surface area contributed by atoms with Crippen LogP contribution in [0, 0.1) is 5.82 Å². The summed E-state index contributed by atoms with van der Waals surface area (Å²) in [5.41, 5.74) is 1.87. The third-order valence-electron chi connectivity index (χ3n) is 4.70. The number of nitrogens with one attached hydrogen (secondary N) is 2. The Labute approximate surface area is 184 Å². The molecule has 0 unspecified atom stereocenters. The van der Waals surface area contributed by atoms with Gasteiger partial charge in [0.15, 0.2) is 5.65 Å². The molecule has 0 aliphatic carbocycles. The molecule has 1 amide bonds. The SMILES string of the molecule is CC(C)n1ncc2cc(NC(=O)c3ccc(NS(=O)(=O)c4ccc(F)cc4)cc3)cnc21. The second-order valence-corrected chi connectivity index (χ2v) is 9.09. The van der Waals surface area contributed by atoms with Crippen molar-refractivity contribution in [2.45, 2.75) is 24.8 Å². The zero-order valence-corrected chi connectivity index (χ0v) is 18.1. The molecule has 164 valence electrons. The molecule has 4 rings (SSSR count). The third kappa shape index (κ3) is 4.45. The maximum atomic E-state index is 13.0. The number of hydrogen-bond acceptors (Lipinski definition) is 5. The molecule has 0 aliphatic heterocycles. The molecule has 0 aliphatic rings. The lowest BCUT2D eigenvalue weighted by Gasteiger charge is -2.10. The van der Waals surface area contributed by atoms with Crippen LogP contribution in [0.5, 0.6) is 0 Å². The van der Waals surface area contributed by atoms with E-state index in [1.54, 1.807) is 23.1 Å². The van der Waals surface area contributed by atoms with Gasteiger partial charge in [0, 0.05) is 22.7 Å². The first-order valence-corrected chi connectivity index (χ1v) is 11.2. The lowest BCUT2D eigenvalue weighted by atomic mass is 10.2. The van der Waals surface area contributed by atoms with Gasteiger partial charge in [-0.05, 0) is 68.4 Å². The number of halogens is 1. The van der Waals surface area contributed by atoms with Crippen molar-refractivity contribution < 1.29 is 17.6 Å². The van der Waals surface area contributed by atoms with Crippen molar-refractivity contribution in [1.29, 1.82) is 0 Å². The number of amides is 1. The van der Waals surface area contributed by atoms with Crippen molar-refractivity contribution in [1.82, 2.24) is 14.8 Å². The first kappa shape index (κ1) is 21.4. The van der Waals surface area contributed by atoms with Gasteiger partial charge in [0.05, 0.1) is 23.0 Å². The summed E-state index contributed by atoms with van der Waals surface area (Å²) in [4.78, 5) is 16.9. The highest BCUT2D eigenvalue weighted by Gasteiger charge is 2.15. The van der Waals surface area contributed by atoms with Crippen LogP contribution < -0.4 is 10.0 Å². The quantitative estimate of drug-likeness (QED) is 0.455. The summed E-state index contributed by atoms with van der Waals surface area (Å²) in [6, 6.07) is 12.4. The predicted octanol–water partition coefficient (Wildman–Crippen LogP) is 4.20. The van der Waals surface area contributed by atoms with Crippen LogP contribution in [0.4, 0.5) is 15.8 Å². The highest BCUT2D eigenvalue weighted by Crippen LogP contribution is 2.21. The van der Waals surface area contributed by atoms with Gasteiger partial charge in [0.1, 0.15) is 5.82 Å². The fourth-order valence-electron chi connectivity index (χ4n) is 3.11. The van der Waals surface area contributed by atoms with E-state index in [2.05, 4.69) is 20.1 Å². The van der Waals surface area contributed by atoms with Gasteiger partial charge in [-0.25, -0.2) is 22.5 Å². The molecule has 0 atom stereocenters. The van der Waals surface area contributed by atoms with Crippen molar-refractivity contribution in [3.05, 3.63) is 78.4 Å². The molecule has 2 N–H and O–H groups in total. The van der Waals surface area contributed by atoms with E-state index in [0.29, 0.717) is 11.3 Å². The molecule has 32 heavy (non-hydrogen) atoms. The Morgan fingerprint density at radius 1 is 1.00 bits per heavy atom. The molecular formula is C22H20FN5O3S. The van der Waals surface area contributed by atoms with E-state index in [1.165, 1.54) is 36.4 Å². The number of carbonyl (C=O) groups excluding carboxylic acids is 1. The van der Waals surface area contributed by atoms with Gasteiger partial charge in [-0.1, -0.05) is 0 Å². The number of anilines is 2. The summed E-state index contributed by atoms with van der Waals surface area (Å²) < 4.78 is 42.0. The van der Waals surface area contributed by atoms with E-state index < -0.39 is 15.8 Å². The second kappa shape index (κ2) is 8.39. The monoisotopic (exact) mass is 453 g/mol. The number of fused-ring (bicyclic) bond motifs is 1. The molecule has 2 aromatic carbocycles. The average Bonchev–Trinajstić information content (AvgIpc) is 3.18. The number of carbonyl (C=O) groups is 1. The molecule has 10 heteroatoms. The Bertz CT molecular complexity index is 1380. The number of nitrogens with zero attached hydrogens (tertiary/aromatic N) is 3. The van der Waals surface area contributed by atoms with Crippen LogP contribution in [-0.4, -0.2) is 29.1 Å². The van der Waals surface area contributed by atoms with Crippen LogP contribution in [0.1, 0.15) is 30.2 Å². The Balaban J connectivity index is 1.46. The minimum atomic E-state index is -3.87. The number of sulfonamides is 1. The summed E-state index contributed by atoms with van der Waals surface area (Å²) in [6.45, 7) is 4.01. The lowest BCUT2D eigenvalue weighted by Crippen LogP contribution is -2.14. The van der Waals surface area contributed by atoms with Gasteiger partial charge in [0.2, 0.25) is 0 Å². The van der Waals surface area contributed by atoms with Crippen molar-refractivity contribution in [3.63, 3.8) is 0 Å². The van der Waals surface area contributed by atoms with Crippen molar-refractivity contribution in [2.24, 2.45) is 0 Å². The van der Waals surface area contributed by atoms with Crippen LogP contribution in [0.2, 0.25) is 0 Å². The zero-order chi connectivity index (χ0) is 22.9. The fourth-order valence-corrected chi connectivity index (χ4v) is 4.17. The largest absolute Gasteiger partial charge is 0.321 e. The van der Waals surface area contributed by atoms with Crippen LogP contribution >= 0.6 is 0 Å². The van der Waals surface area contributed by atoms with Gasteiger partial charge in [-0.2, -0.15) is 5.10 Å². The third-order valence-corrected chi connectivity index (χ3v) is 6.10. The van der Waals surface area contributed by atoms with E-state index in [-0.39, 0.29) is 22.5 Å². The summed E-state index contributed by atoms with van der Waals surface area (Å²) in [5, 5.41) is 7.89. The molecule has 8 nitrogen and oxygen atoms in total. The number of benzene rings is 2. The van der Waals surface area contributed by atoms with E-state index >= 15 is 0 Å². The van der Waals surface area contributed by atoms with Gasteiger partial charge >= 0.3 is 0 Å². The molecule has 0 saturated carbocycles. The van der Waals surface area contributed by atoms with Gasteiger partial charge in [-0.3, -0.25) is 9.52 Å². The van der Waals surface area contributed by atoms with E-state index in [1.807, 2.05) is 13.8 Å². The molecular weight excluding hydrogens is 433 g/mol.